The van der Waals surface area contributed by atoms with Crippen LogP contribution in [0.3, 0.4) is 0 Å². The number of amides is 1. The Balaban J connectivity index is 1.60. The summed E-state index contributed by atoms with van der Waals surface area (Å²) in [5.41, 5.74) is 2.30. The fraction of sp³-hybridized carbons (Fsp3) is 0.269. The van der Waals surface area contributed by atoms with Gasteiger partial charge in [-0.1, -0.05) is 48.9 Å². The maximum atomic E-state index is 13.5. The Kier molecular flexibility index (Phi) is 6.79. The minimum atomic E-state index is -3.89. The second kappa shape index (κ2) is 9.77. The first-order valence-electron chi connectivity index (χ1n) is 11.1. The highest BCUT2D eigenvalue weighted by Gasteiger charge is 2.38. The van der Waals surface area contributed by atoms with Crippen molar-refractivity contribution in [3.63, 3.8) is 0 Å². The second-order valence-corrected chi connectivity index (χ2v) is 10.0. The van der Waals surface area contributed by atoms with Gasteiger partial charge < -0.3 is 14.8 Å². The largest absolute Gasteiger partial charge is 0.497 e. The number of rotatable bonds is 7. The van der Waals surface area contributed by atoms with E-state index in [2.05, 4.69) is 5.32 Å². The SMILES string of the molecule is CC[C@H](NC(=O)[C@H]1CN(S(=O)(=O)c2ccc(C)cc2)c2ccccc2O1)c1ccc(OC)cc1. The summed E-state index contributed by atoms with van der Waals surface area (Å²) in [6.07, 6.45) is -0.338. The van der Waals surface area contributed by atoms with Crippen LogP contribution in [0.25, 0.3) is 0 Å². The number of carbonyl (C=O) groups excluding carboxylic acids is 1. The number of carbonyl (C=O) groups is 1. The molecule has 0 fully saturated rings. The lowest BCUT2D eigenvalue weighted by atomic mass is 10.0. The molecule has 0 bridgehead atoms. The molecule has 34 heavy (non-hydrogen) atoms. The van der Waals surface area contributed by atoms with Crippen LogP contribution in [0, 0.1) is 6.92 Å². The van der Waals surface area contributed by atoms with Crippen molar-refractivity contribution in [3.8, 4) is 11.5 Å². The molecule has 1 heterocycles. The summed E-state index contributed by atoms with van der Waals surface area (Å²) in [7, 11) is -2.29. The second-order valence-electron chi connectivity index (χ2n) is 8.17. The molecule has 7 nitrogen and oxygen atoms in total. The number of hydrogen-bond acceptors (Lipinski definition) is 5. The van der Waals surface area contributed by atoms with Crippen LogP contribution in [0.15, 0.2) is 77.7 Å². The van der Waals surface area contributed by atoms with E-state index >= 15 is 0 Å². The van der Waals surface area contributed by atoms with Crippen LogP contribution in [-0.4, -0.2) is 34.1 Å². The van der Waals surface area contributed by atoms with Gasteiger partial charge in [-0.15, -0.1) is 0 Å². The van der Waals surface area contributed by atoms with Gasteiger partial charge in [0.05, 0.1) is 30.3 Å². The van der Waals surface area contributed by atoms with Gasteiger partial charge in [-0.05, 0) is 55.3 Å². The highest BCUT2D eigenvalue weighted by atomic mass is 32.2. The molecular formula is C26H28N2O5S. The molecular weight excluding hydrogens is 452 g/mol. The standard InChI is InChI=1S/C26H28N2O5S/c1-4-22(19-11-13-20(32-3)14-12-19)27-26(29)25-17-28(23-7-5-6-8-24(23)33-25)34(30,31)21-15-9-18(2)10-16-21/h5-16,22,25H,4,17H2,1-3H3,(H,27,29)/t22-,25+/m0/s1. The molecule has 0 saturated heterocycles. The minimum absolute atomic E-state index is 0.127. The summed E-state index contributed by atoms with van der Waals surface area (Å²) in [6.45, 7) is 3.74. The van der Waals surface area contributed by atoms with Crippen molar-refractivity contribution in [3.05, 3.63) is 83.9 Å². The molecule has 2 atom stereocenters. The zero-order chi connectivity index (χ0) is 24.3. The van der Waals surface area contributed by atoms with E-state index in [-0.39, 0.29) is 23.4 Å². The first kappa shape index (κ1) is 23.6. The van der Waals surface area contributed by atoms with Gasteiger partial charge in [0, 0.05) is 0 Å². The number of fused-ring (bicyclic) bond motifs is 1. The summed E-state index contributed by atoms with van der Waals surface area (Å²) < 4.78 is 39.5. The fourth-order valence-electron chi connectivity index (χ4n) is 3.93. The zero-order valence-electron chi connectivity index (χ0n) is 19.4. The Morgan fingerprint density at radius 3 is 2.41 bits per heavy atom. The molecule has 0 unspecified atom stereocenters. The number of aryl methyl sites for hydroxylation is 1. The molecule has 178 valence electrons. The molecule has 1 N–H and O–H groups in total. The Morgan fingerprint density at radius 1 is 1.09 bits per heavy atom. The topological polar surface area (TPSA) is 84.9 Å². The van der Waals surface area contributed by atoms with Crippen molar-refractivity contribution in [1.82, 2.24) is 5.32 Å². The number of nitrogens with one attached hydrogen (secondary N) is 1. The highest BCUT2D eigenvalue weighted by Crippen LogP contribution is 2.37. The maximum absolute atomic E-state index is 13.5. The third-order valence-electron chi connectivity index (χ3n) is 5.88. The van der Waals surface area contributed by atoms with E-state index in [1.54, 1.807) is 55.6 Å². The van der Waals surface area contributed by atoms with Gasteiger partial charge in [0.2, 0.25) is 0 Å². The molecule has 0 aliphatic carbocycles. The molecule has 0 spiro atoms. The van der Waals surface area contributed by atoms with Crippen molar-refractivity contribution in [2.45, 2.75) is 37.3 Å². The maximum Gasteiger partial charge on any atom is 0.264 e. The van der Waals surface area contributed by atoms with Crippen molar-refractivity contribution in [2.75, 3.05) is 18.0 Å². The zero-order valence-corrected chi connectivity index (χ0v) is 20.2. The smallest absolute Gasteiger partial charge is 0.264 e. The summed E-state index contributed by atoms with van der Waals surface area (Å²) >= 11 is 0. The van der Waals surface area contributed by atoms with Crippen LogP contribution in [0.4, 0.5) is 5.69 Å². The molecule has 8 heteroatoms. The Labute approximate surface area is 200 Å². The van der Waals surface area contributed by atoms with Crippen molar-refractivity contribution in [1.29, 1.82) is 0 Å². The van der Waals surface area contributed by atoms with E-state index in [0.717, 1.165) is 16.9 Å². The Hall–Kier alpha value is -3.52. The van der Waals surface area contributed by atoms with Crippen molar-refractivity contribution in [2.24, 2.45) is 0 Å². The fourth-order valence-corrected chi connectivity index (χ4v) is 5.40. The van der Waals surface area contributed by atoms with E-state index < -0.39 is 16.1 Å². The monoisotopic (exact) mass is 480 g/mol. The predicted octanol–water partition coefficient (Wildman–Crippen LogP) is 4.23. The number of nitrogens with zero attached hydrogens (tertiary/aromatic N) is 1. The summed E-state index contributed by atoms with van der Waals surface area (Å²) in [6, 6.07) is 20.8. The summed E-state index contributed by atoms with van der Waals surface area (Å²) in [5, 5.41) is 3.01. The van der Waals surface area contributed by atoms with E-state index in [1.165, 1.54) is 4.31 Å². The molecule has 0 aromatic heterocycles. The van der Waals surface area contributed by atoms with Crippen LogP contribution < -0.4 is 19.1 Å². The molecule has 3 aromatic carbocycles. The number of para-hydroxylation sites is 2. The van der Waals surface area contributed by atoms with Gasteiger partial charge in [0.1, 0.15) is 11.5 Å². The lowest BCUT2D eigenvalue weighted by Gasteiger charge is -2.35. The summed E-state index contributed by atoms with van der Waals surface area (Å²) in [5.74, 6) is 0.706. The number of sulfonamides is 1. The lowest BCUT2D eigenvalue weighted by Crippen LogP contribution is -2.51. The molecule has 3 aromatic rings. The average Bonchev–Trinajstić information content (AvgIpc) is 2.86. The van der Waals surface area contributed by atoms with Gasteiger partial charge in [0.15, 0.2) is 6.10 Å². The van der Waals surface area contributed by atoms with E-state index in [9.17, 15) is 13.2 Å². The number of hydrogen-bond donors (Lipinski definition) is 1. The van der Waals surface area contributed by atoms with Crippen LogP contribution in [-0.2, 0) is 14.8 Å². The molecule has 1 aliphatic rings. The third-order valence-corrected chi connectivity index (χ3v) is 7.67. The predicted molar refractivity (Wildman–Crippen MR) is 131 cm³/mol. The normalized spacial score (nSPS) is 16.2. The molecule has 0 saturated carbocycles. The molecule has 1 amide bonds. The Morgan fingerprint density at radius 2 is 1.76 bits per heavy atom. The molecule has 4 rings (SSSR count). The third kappa shape index (κ3) is 4.72. The van der Waals surface area contributed by atoms with Crippen LogP contribution in [0.2, 0.25) is 0 Å². The number of anilines is 1. The lowest BCUT2D eigenvalue weighted by molar-refractivity contribution is -0.128. The van der Waals surface area contributed by atoms with Gasteiger partial charge >= 0.3 is 0 Å². The van der Waals surface area contributed by atoms with E-state index in [4.69, 9.17) is 9.47 Å². The van der Waals surface area contributed by atoms with Gasteiger partial charge in [-0.3, -0.25) is 9.10 Å². The first-order valence-corrected chi connectivity index (χ1v) is 12.6. The number of methoxy groups -OCH3 is 1. The van der Waals surface area contributed by atoms with Gasteiger partial charge in [-0.25, -0.2) is 8.42 Å². The molecule has 1 aliphatic heterocycles. The van der Waals surface area contributed by atoms with Crippen molar-refractivity contribution < 1.29 is 22.7 Å². The first-order chi connectivity index (χ1) is 16.3. The van der Waals surface area contributed by atoms with Crippen LogP contribution in [0.5, 0.6) is 11.5 Å². The quantitative estimate of drug-likeness (QED) is 0.547. The highest BCUT2D eigenvalue weighted by molar-refractivity contribution is 7.92. The average molecular weight is 481 g/mol. The van der Waals surface area contributed by atoms with E-state index in [1.807, 2.05) is 38.1 Å². The number of ether oxygens (including phenoxy) is 2. The summed E-state index contributed by atoms with van der Waals surface area (Å²) in [4.78, 5) is 13.4. The van der Waals surface area contributed by atoms with E-state index in [0.29, 0.717) is 17.9 Å². The Bertz CT molecular complexity index is 1260. The molecule has 0 radical (unpaired) electrons. The van der Waals surface area contributed by atoms with Crippen molar-refractivity contribution >= 4 is 21.6 Å². The van der Waals surface area contributed by atoms with Gasteiger partial charge in [0.25, 0.3) is 15.9 Å². The van der Waals surface area contributed by atoms with Crippen LogP contribution >= 0.6 is 0 Å². The minimum Gasteiger partial charge on any atom is -0.497 e. The van der Waals surface area contributed by atoms with Crippen LogP contribution in [0.1, 0.15) is 30.5 Å². The van der Waals surface area contributed by atoms with Gasteiger partial charge in [-0.2, -0.15) is 0 Å². The number of benzene rings is 3.